The molecule has 1 saturated heterocycles. The summed E-state index contributed by atoms with van der Waals surface area (Å²) in [5, 5.41) is 12.3. The molecule has 0 spiro atoms. The van der Waals surface area contributed by atoms with Crippen LogP contribution in [0.2, 0.25) is 0 Å². The summed E-state index contributed by atoms with van der Waals surface area (Å²) in [6.45, 7) is 0.769. The lowest BCUT2D eigenvalue weighted by atomic mass is 10.1. The van der Waals surface area contributed by atoms with Gasteiger partial charge in [-0.2, -0.15) is 5.26 Å². The molecule has 0 saturated carbocycles. The molecule has 2 rings (SSSR count). The van der Waals surface area contributed by atoms with Crippen molar-refractivity contribution in [2.75, 3.05) is 11.9 Å². The molecule has 16 heavy (non-hydrogen) atoms. The SMILES string of the molecule is N#CC(Nc1ccc(Br)cc1)C1CCCO1. The number of benzene rings is 1. The van der Waals surface area contributed by atoms with Gasteiger partial charge in [0.15, 0.2) is 0 Å². The lowest BCUT2D eigenvalue weighted by molar-refractivity contribution is 0.107. The molecule has 0 aromatic heterocycles. The monoisotopic (exact) mass is 280 g/mol. The maximum absolute atomic E-state index is 9.10. The topological polar surface area (TPSA) is 45.0 Å². The maximum Gasteiger partial charge on any atom is 0.141 e. The van der Waals surface area contributed by atoms with E-state index in [2.05, 4.69) is 27.3 Å². The van der Waals surface area contributed by atoms with E-state index in [1.54, 1.807) is 0 Å². The van der Waals surface area contributed by atoms with Crippen molar-refractivity contribution < 1.29 is 4.74 Å². The number of hydrogen-bond donors (Lipinski definition) is 1. The first kappa shape index (κ1) is 11.4. The van der Waals surface area contributed by atoms with E-state index < -0.39 is 0 Å². The molecule has 1 aromatic carbocycles. The van der Waals surface area contributed by atoms with Gasteiger partial charge in [0.1, 0.15) is 6.04 Å². The minimum absolute atomic E-state index is 0.0219. The molecule has 1 heterocycles. The van der Waals surface area contributed by atoms with Crippen LogP contribution in [0, 0.1) is 11.3 Å². The molecule has 84 valence electrons. The van der Waals surface area contributed by atoms with Gasteiger partial charge in [-0.3, -0.25) is 0 Å². The number of nitrogens with zero attached hydrogens (tertiary/aromatic N) is 1. The summed E-state index contributed by atoms with van der Waals surface area (Å²) in [4.78, 5) is 0. The standard InChI is InChI=1S/C12H13BrN2O/c13-9-3-5-10(6-4-9)15-11(8-14)12-2-1-7-16-12/h3-6,11-12,15H,1-2,7H2. The van der Waals surface area contributed by atoms with Gasteiger partial charge in [0.05, 0.1) is 12.2 Å². The number of anilines is 1. The summed E-state index contributed by atoms with van der Waals surface area (Å²) in [6.07, 6.45) is 2.03. The Morgan fingerprint density at radius 2 is 2.19 bits per heavy atom. The average molecular weight is 281 g/mol. The second-order valence-corrected chi connectivity index (χ2v) is 4.73. The molecule has 2 atom stereocenters. The van der Waals surface area contributed by atoms with Crippen molar-refractivity contribution in [3.05, 3.63) is 28.7 Å². The zero-order chi connectivity index (χ0) is 11.4. The molecule has 4 heteroatoms. The number of hydrogen-bond acceptors (Lipinski definition) is 3. The van der Waals surface area contributed by atoms with Gasteiger partial charge < -0.3 is 10.1 Å². The lowest BCUT2D eigenvalue weighted by Gasteiger charge is -2.18. The first-order valence-corrected chi connectivity index (χ1v) is 6.12. The highest BCUT2D eigenvalue weighted by Gasteiger charge is 2.25. The highest BCUT2D eigenvalue weighted by Crippen LogP contribution is 2.20. The van der Waals surface area contributed by atoms with Crippen LogP contribution in [-0.4, -0.2) is 18.8 Å². The largest absolute Gasteiger partial charge is 0.375 e. The van der Waals surface area contributed by atoms with Gasteiger partial charge in [-0.1, -0.05) is 15.9 Å². The Bertz CT molecular complexity index is 379. The molecule has 0 bridgehead atoms. The van der Waals surface area contributed by atoms with Crippen LogP contribution >= 0.6 is 15.9 Å². The van der Waals surface area contributed by atoms with Crippen molar-refractivity contribution >= 4 is 21.6 Å². The summed E-state index contributed by atoms with van der Waals surface area (Å²) in [6, 6.07) is 9.80. The summed E-state index contributed by atoms with van der Waals surface area (Å²) >= 11 is 3.38. The Morgan fingerprint density at radius 1 is 1.44 bits per heavy atom. The summed E-state index contributed by atoms with van der Waals surface area (Å²) in [7, 11) is 0. The van der Waals surface area contributed by atoms with Crippen molar-refractivity contribution in [1.29, 1.82) is 5.26 Å². The fraction of sp³-hybridized carbons (Fsp3) is 0.417. The van der Waals surface area contributed by atoms with E-state index in [9.17, 15) is 0 Å². The van der Waals surface area contributed by atoms with Crippen molar-refractivity contribution in [3.8, 4) is 6.07 Å². The Hall–Kier alpha value is -1.05. The minimum atomic E-state index is -0.260. The second kappa shape index (κ2) is 5.33. The van der Waals surface area contributed by atoms with E-state index in [0.29, 0.717) is 0 Å². The van der Waals surface area contributed by atoms with Crippen molar-refractivity contribution in [3.63, 3.8) is 0 Å². The Labute approximate surface area is 104 Å². The minimum Gasteiger partial charge on any atom is -0.375 e. The smallest absolute Gasteiger partial charge is 0.141 e. The van der Waals surface area contributed by atoms with Crippen LogP contribution in [0.15, 0.2) is 28.7 Å². The van der Waals surface area contributed by atoms with Crippen LogP contribution in [0.1, 0.15) is 12.8 Å². The molecule has 2 unspecified atom stereocenters. The summed E-state index contributed by atoms with van der Waals surface area (Å²) < 4.78 is 6.54. The molecule has 3 nitrogen and oxygen atoms in total. The predicted molar refractivity (Wildman–Crippen MR) is 66.1 cm³/mol. The molecule has 0 amide bonds. The highest BCUT2D eigenvalue weighted by molar-refractivity contribution is 9.10. The Morgan fingerprint density at radius 3 is 2.75 bits per heavy atom. The van der Waals surface area contributed by atoms with E-state index in [1.807, 2.05) is 24.3 Å². The van der Waals surface area contributed by atoms with Gasteiger partial charge in [0.25, 0.3) is 0 Å². The number of nitrogens with one attached hydrogen (secondary N) is 1. The van der Waals surface area contributed by atoms with Gasteiger partial charge in [0.2, 0.25) is 0 Å². The number of nitriles is 1. The first-order chi connectivity index (χ1) is 7.79. The molecule has 0 aliphatic carbocycles. The zero-order valence-corrected chi connectivity index (χ0v) is 10.4. The zero-order valence-electron chi connectivity index (χ0n) is 8.82. The highest BCUT2D eigenvalue weighted by atomic mass is 79.9. The third kappa shape index (κ3) is 2.75. The third-order valence-corrected chi connectivity index (χ3v) is 3.17. The average Bonchev–Trinajstić information content (AvgIpc) is 2.82. The van der Waals surface area contributed by atoms with Crippen LogP contribution in [-0.2, 0) is 4.74 Å². The van der Waals surface area contributed by atoms with Gasteiger partial charge in [-0.05, 0) is 37.1 Å². The van der Waals surface area contributed by atoms with Crippen molar-refractivity contribution in [2.45, 2.75) is 25.0 Å². The fourth-order valence-electron chi connectivity index (χ4n) is 1.80. The Balaban J connectivity index is 2.01. The normalized spacial score (nSPS) is 21.4. The summed E-state index contributed by atoms with van der Waals surface area (Å²) in [5.74, 6) is 0. The van der Waals surface area contributed by atoms with Crippen molar-refractivity contribution in [1.82, 2.24) is 0 Å². The van der Waals surface area contributed by atoms with Crippen molar-refractivity contribution in [2.24, 2.45) is 0 Å². The molecule has 1 fully saturated rings. The first-order valence-electron chi connectivity index (χ1n) is 5.33. The van der Waals surface area contributed by atoms with Crippen LogP contribution in [0.4, 0.5) is 5.69 Å². The fourth-order valence-corrected chi connectivity index (χ4v) is 2.06. The van der Waals surface area contributed by atoms with E-state index in [0.717, 1.165) is 29.6 Å². The van der Waals surface area contributed by atoms with E-state index in [-0.39, 0.29) is 12.1 Å². The molecule has 1 aliphatic heterocycles. The van der Waals surface area contributed by atoms with Crippen LogP contribution in [0.5, 0.6) is 0 Å². The lowest BCUT2D eigenvalue weighted by Crippen LogP contribution is -2.31. The molecular weight excluding hydrogens is 268 g/mol. The number of ether oxygens (including phenoxy) is 1. The molecule has 1 N–H and O–H groups in total. The predicted octanol–water partition coefficient (Wildman–Crippen LogP) is 2.93. The molecule has 0 radical (unpaired) electrons. The molecular formula is C12H13BrN2O. The Kier molecular flexibility index (Phi) is 3.81. The summed E-state index contributed by atoms with van der Waals surface area (Å²) in [5.41, 5.74) is 0.949. The van der Waals surface area contributed by atoms with Gasteiger partial charge in [-0.25, -0.2) is 0 Å². The quantitative estimate of drug-likeness (QED) is 0.926. The van der Waals surface area contributed by atoms with Gasteiger partial charge in [-0.15, -0.1) is 0 Å². The molecule has 1 aromatic rings. The maximum atomic E-state index is 9.10. The molecule has 1 aliphatic rings. The van der Waals surface area contributed by atoms with Gasteiger partial charge >= 0.3 is 0 Å². The second-order valence-electron chi connectivity index (χ2n) is 3.81. The van der Waals surface area contributed by atoms with E-state index in [1.165, 1.54) is 0 Å². The van der Waals surface area contributed by atoms with Crippen LogP contribution in [0.25, 0.3) is 0 Å². The third-order valence-electron chi connectivity index (χ3n) is 2.64. The van der Waals surface area contributed by atoms with E-state index >= 15 is 0 Å². The van der Waals surface area contributed by atoms with Crippen LogP contribution < -0.4 is 5.32 Å². The van der Waals surface area contributed by atoms with Gasteiger partial charge in [0, 0.05) is 16.8 Å². The van der Waals surface area contributed by atoms with E-state index in [4.69, 9.17) is 10.00 Å². The number of halogens is 1. The van der Waals surface area contributed by atoms with Crippen LogP contribution in [0.3, 0.4) is 0 Å². The number of rotatable bonds is 3.